The average Bonchev–Trinajstić information content (AvgIpc) is 2.26. The second-order valence-electron chi connectivity index (χ2n) is 4.95. The highest BCUT2D eigenvalue weighted by atomic mass is 19.1. The van der Waals surface area contributed by atoms with Crippen molar-refractivity contribution in [2.75, 3.05) is 0 Å². The Bertz CT molecular complexity index is 438. The summed E-state index contributed by atoms with van der Waals surface area (Å²) in [5.74, 6) is 0.402. The van der Waals surface area contributed by atoms with Crippen LogP contribution in [-0.2, 0) is 4.79 Å². The number of rotatable bonds is 2. The molecule has 0 spiro atoms. The van der Waals surface area contributed by atoms with E-state index in [1.165, 1.54) is 6.07 Å². The van der Waals surface area contributed by atoms with Gasteiger partial charge in [0.25, 0.3) is 0 Å². The Hall–Kier alpha value is -1.18. The first kappa shape index (κ1) is 11.3. The Morgan fingerprint density at radius 2 is 2.19 bits per heavy atom. The molecule has 0 N–H and O–H groups in total. The van der Waals surface area contributed by atoms with E-state index in [0.717, 1.165) is 17.5 Å². The number of carbonyl (C=O) groups excluding carboxylic acids is 1. The number of carbonyl (C=O) groups is 1. The molecule has 2 heteroatoms. The standard InChI is InChI=1S/C14H17FO/c1-4-14(3)12(8-13(14)16)11-6-5-10(15)7-9(11)2/h5-7,12H,4,8H2,1-3H3. The molecule has 2 unspecified atom stereocenters. The maximum atomic E-state index is 13.0. The minimum Gasteiger partial charge on any atom is -0.299 e. The van der Waals surface area contributed by atoms with Gasteiger partial charge in [0.05, 0.1) is 0 Å². The van der Waals surface area contributed by atoms with Crippen LogP contribution in [0.5, 0.6) is 0 Å². The van der Waals surface area contributed by atoms with Gasteiger partial charge in [0.1, 0.15) is 11.6 Å². The number of aryl methyl sites for hydroxylation is 1. The molecule has 0 bridgehead atoms. The van der Waals surface area contributed by atoms with E-state index < -0.39 is 0 Å². The van der Waals surface area contributed by atoms with Gasteiger partial charge >= 0.3 is 0 Å². The first-order valence-electron chi connectivity index (χ1n) is 5.78. The number of halogens is 1. The Balaban J connectivity index is 2.36. The van der Waals surface area contributed by atoms with Gasteiger partial charge in [0.15, 0.2) is 0 Å². The molecule has 2 atom stereocenters. The van der Waals surface area contributed by atoms with Crippen LogP contribution in [0.2, 0.25) is 0 Å². The summed E-state index contributed by atoms with van der Waals surface area (Å²) in [5, 5.41) is 0. The minimum atomic E-state index is -0.234. The average molecular weight is 220 g/mol. The van der Waals surface area contributed by atoms with Crippen LogP contribution in [0.1, 0.15) is 43.7 Å². The summed E-state index contributed by atoms with van der Waals surface area (Å²) in [6, 6.07) is 4.87. The van der Waals surface area contributed by atoms with Gasteiger partial charge in [-0.1, -0.05) is 19.9 Å². The minimum absolute atomic E-state index is 0.204. The topological polar surface area (TPSA) is 17.1 Å². The molecule has 0 aromatic heterocycles. The summed E-state index contributed by atoms with van der Waals surface area (Å²) >= 11 is 0. The van der Waals surface area contributed by atoms with Gasteiger partial charge in [-0.15, -0.1) is 0 Å². The molecule has 1 saturated carbocycles. The summed E-state index contributed by atoms with van der Waals surface area (Å²) in [5.41, 5.74) is 1.85. The van der Waals surface area contributed by atoms with Crippen LogP contribution in [-0.4, -0.2) is 5.78 Å². The van der Waals surface area contributed by atoms with E-state index in [-0.39, 0.29) is 17.2 Å². The first-order chi connectivity index (χ1) is 7.49. The van der Waals surface area contributed by atoms with Crippen LogP contribution >= 0.6 is 0 Å². The van der Waals surface area contributed by atoms with Crippen molar-refractivity contribution in [2.45, 2.75) is 39.5 Å². The van der Waals surface area contributed by atoms with E-state index in [9.17, 15) is 9.18 Å². The Labute approximate surface area is 95.7 Å². The zero-order valence-electron chi connectivity index (χ0n) is 10.0. The lowest BCUT2D eigenvalue weighted by molar-refractivity contribution is -0.139. The first-order valence-corrected chi connectivity index (χ1v) is 5.78. The molecule has 86 valence electrons. The second kappa shape index (κ2) is 3.69. The predicted molar refractivity (Wildman–Crippen MR) is 61.9 cm³/mol. The normalized spacial score (nSPS) is 29.0. The smallest absolute Gasteiger partial charge is 0.140 e. The van der Waals surface area contributed by atoms with E-state index >= 15 is 0 Å². The van der Waals surface area contributed by atoms with Crippen molar-refractivity contribution < 1.29 is 9.18 Å². The molecular formula is C14H17FO. The van der Waals surface area contributed by atoms with Crippen molar-refractivity contribution >= 4 is 5.78 Å². The number of hydrogen-bond acceptors (Lipinski definition) is 1. The molecule has 16 heavy (non-hydrogen) atoms. The molecule has 1 aromatic carbocycles. The third kappa shape index (κ3) is 1.48. The van der Waals surface area contributed by atoms with Gasteiger partial charge < -0.3 is 0 Å². The van der Waals surface area contributed by atoms with Gasteiger partial charge in [-0.3, -0.25) is 4.79 Å². The number of hydrogen-bond donors (Lipinski definition) is 0. The Kier molecular flexibility index (Phi) is 2.61. The molecular weight excluding hydrogens is 203 g/mol. The zero-order valence-corrected chi connectivity index (χ0v) is 10.0. The summed E-state index contributed by atoms with van der Waals surface area (Å²) in [6.07, 6.45) is 1.46. The van der Waals surface area contributed by atoms with E-state index in [4.69, 9.17) is 0 Å². The number of Topliss-reactive ketones (excluding diaryl/α,β-unsaturated/α-hetero) is 1. The van der Waals surface area contributed by atoms with Crippen molar-refractivity contribution in [1.29, 1.82) is 0 Å². The lowest BCUT2D eigenvalue weighted by atomic mass is 9.56. The molecule has 0 saturated heterocycles. The molecule has 0 heterocycles. The van der Waals surface area contributed by atoms with Crippen molar-refractivity contribution in [3.05, 3.63) is 35.1 Å². The summed E-state index contributed by atoms with van der Waals surface area (Å²) < 4.78 is 13.0. The van der Waals surface area contributed by atoms with E-state index in [1.54, 1.807) is 6.07 Å². The highest BCUT2D eigenvalue weighted by molar-refractivity contribution is 5.93. The molecule has 1 fully saturated rings. The van der Waals surface area contributed by atoms with Gasteiger partial charge in [0, 0.05) is 17.8 Å². The molecule has 0 radical (unpaired) electrons. The lowest BCUT2D eigenvalue weighted by Gasteiger charge is -2.45. The fraction of sp³-hybridized carbons (Fsp3) is 0.500. The van der Waals surface area contributed by atoms with Crippen molar-refractivity contribution in [3.8, 4) is 0 Å². The van der Waals surface area contributed by atoms with Crippen LogP contribution in [0.15, 0.2) is 18.2 Å². The van der Waals surface area contributed by atoms with Gasteiger partial charge in [-0.2, -0.15) is 0 Å². The van der Waals surface area contributed by atoms with Gasteiger partial charge in [-0.05, 0) is 36.6 Å². The van der Waals surface area contributed by atoms with Gasteiger partial charge in [0.2, 0.25) is 0 Å². The summed E-state index contributed by atoms with van der Waals surface area (Å²) in [7, 11) is 0. The Morgan fingerprint density at radius 3 is 2.69 bits per heavy atom. The van der Waals surface area contributed by atoms with Crippen LogP contribution in [0, 0.1) is 18.2 Å². The lowest BCUT2D eigenvalue weighted by Crippen LogP contribution is -2.45. The molecule has 0 amide bonds. The van der Waals surface area contributed by atoms with Crippen LogP contribution in [0.4, 0.5) is 4.39 Å². The van der Waals surface area contributed by atoms with E-state index in [2.05, 4.69) is 0 Å². The third-order valence-corrected chi connectivity index (χ3v) is 4.14. The van der Waals surface area contributed by atoms with Crippen LogP contribution in [0.3, 0.4) is 0 Å². The van der Waals surface area contributed by atoms with Crippen molar-refractivity contribution in [1.82, 2.24) is 0 Å². The molecule has 2 rings (SSSR count). The van der Waals surface area contributed by atoms with E-state index in [1.807, 2.05) is 26.8 Å². The maximum Gasteiger partial charge on any atom is 0.140 e. The number of ketones is 1. The van der Waals surface area contributed by atoms with Crippen molar-refractivity contribution in [2.24, 2.45) is 5.41 Å². The largest absolute Gasteiger partial charge is 0.299 e. The monoisotopic (exact) mass is 220 g/mol. The molecule has 1 aliphatic rings. The predicted octanol–water partition coefficient (Wildman–Crippen LogP) is 3.61. The molecule has 0 aliphatic heterocycles. The highest BCUT2D eigenvalue weighted by Gasteiger charge is 2.50. The summed E-state index contributed by atoms with van der Waals surface area (Å²) in [6.45, 7) is 5.98. The molecule has 1 aromatic rings. The third-order valence-electron chi connectivity index (χ3n) is 4.14. The van der Waals surface area contributed by atoms with Crippen LogP contribution in [0.25, 0.3) is 0 Å². The van der Waals surface area contributed by atoms with Crippen LogP contribution < -0.4 is 0 Å². The Morgan fingerprint density at radius 1 is 1.50 bits per heavy atom. The fourth-order valence-corrected chi connectivity index (χ4v) is 2.63. The highest BCUT2D eigenvalue weighted by Crippen LogP contribution is 2.52. The SMILES string of the molecule is CCC1(C)C(=O)CC1c1ccc(F)cc1C. The summed E-state index contributed by atoms with van der Waals surface area (Å²) in [4.78, 5) is 11.7. The quantitative estimate of drug-likeness (QED) is 0.744. The van der Waals surface area contributed by atoms with Crippen molar-refractivity contribution in [3.63, 3.8) is 0 Å². The maximum absolute atomic E-state index is 13.0. The number of benzene rings is 1. The van der Waals surface area contributed by atoms with E-state index in [0.29, 0.717) is 12.2 Å². The molecule has 1 nitrogen and oxygen atoms in total. The molecule has 1 aliphatic carbocycles. The fourth-order valence-electron chi connectivity index (χ4n) is 2.63. The second-order valence-corrected chi connectivity index (χ2v) is 4.95. The zero-order chi connectivity index (χ0) is 11.9. The van der Waals surface area contributed by atoms with Gasteiger partial charge in [-0.25, -0.2) is 4.39 Å².